The fraction of sp³-hybridized carbons (Fsp3) is 0.455. The molecule has 1 N–H and O–H groups in total. The minimum atomic E-state index is -3.48. The molecule has 1 aromatic rings. The van der Waals surface area contributed by atoms with E-state index in [4.69, 9.17) is 11.6 Å². The lowest BCUT2D eigenvalue weighted by Crippen LogP contribution is -2.48. The van der Waals surface area contributed by atoms with E-state index in [-0.39, 0.29) is 6.04 Å². The molecular weight excluding hydrogens is 260 g/mol. The number of halogens is 1. The van der Waals surface area contributed by atoms with E-state index in [0.29, 0.717) is 16.5 Å². The Balaban J connectivity index is 2.63. The van der Waals surface area contributed by atoms with Gasteiger partial charge in [0.15, 0.2) is 0 Å². The van der Waals surface area contributed by atoms with E-state index < -0.39 is 10.0 Å². The molecule has 6 heteroatoms. The molecule has 94 valence electrons. The lowest BCUT2D eigenvalue weighted by molar-refractivity contribution is 0.162. The minimum absolute atomic E-state index is 0.0655. The van der Waals surface area contributed by atoms with Crippen LogP contribution in [0.5, 0.6) is 0 Å². The largest absolute Gasteiger partial charge is 0.253 e. The van der Waals surface area contributed by atoms with E-state index in [9.17, 15) is 8.42 Å². The van der Waals surface area contributed by atoms with E-state index in [1.165, 1.54) is 6.07 Å². The molecule has 0 fully saturated rings. The summed E-state index contributed by atoms with van der Waals surface area (Å²) in [6, 6.07) is 5.11. The Kier molecular flexibility index (Phi) is 3.45. The number of hydrazine groups is 1. The predicted octanol–water partition coefficient (Wildman–Crippen LogP) is 2.32. The number of fused-ring (bicyclic) bond motifs is 1. The van der Waals surface area contributed by atoms with Crippen molar-refractivity contribution in [2.24, 2.45) is 0 Å². The summed E-state index contributed by atoms with van der Waals surface area (Å²) in [5, 5.41) is 2.18. The zero-order valence-corrected chi connectivity index (χ0v) is 11.3. The first-order valence-electron chi connectivity index (χ1n) is 5.58. The first-order valence-corrected chi connectivity index (χ1v) is 7.44. The van der Waals surface area contributed by atoms with Crippen molar-refractivity contribution in [3.8, 4) is 0 Å². The van der Waals surface area contributed by atoms with Gasteiger partial charge in [0.05, 0.1) is 10.9 Å². The van der Waals surface area contributed by atoms with Crippen LogP contribution < -0.4 is 4.83 Å². The van der Waals surface area contributed by atoms with Crippen molar-refractivity contribution in [1.82, 2.24) is 9.84 Å². The van der Waals surface area contributed by atoms with Crippen LogP contribution >= 0.6 is 11.6 Å². The summed E-state index contributed by atoms with van der Waals surface area (Å²) >= 11 is 5.86. The monoisotopic (exact) mass is 274 g/mol. The molecule has 0 amide bonds. The highest BCUT2D eigenvalue weighted by Crippen LogP contribution is 2.34. The Morgan fingerprint density at radius 1 is 1.41 bits per heavy atom. The van der Waals surface area contributed by atoms with Gasteiger partial charge in [0.1, 0.15) is 0 Å². The van der Waals surface area contributed by atoms with Crippen molar-refractivity contribution >= 4 is 21.6 Å². The summed E-state index contributed by atoms with van der Waals surface area (Å²) in [4.78, 5) is 2.87. The molecule has 1 aliphatic rings. The fourth-order valence-corrected chi connectivity index (χ4v) is 3.87. The molecule has 1 heterocycles. The normalized spacial score (nSPS) is 23.4. The van der Waals surface area contributed by atoms with Gasteiger partial charge in [0.25, 0.3) is 10.0 Å². The Morgan fingerprint density at radius 2 is 2.12 bits per heavy atom. The zero-order chi connectivity index (χ0) is 12.6. The third-order valence-electron chi connectivity index (χ3n) is 2.97. The Bertz CT molecular complexity index is 530. The smallest absolute Gasteiger partial charge is 0.223 e. The quantitative estimate of drug-likeness (QED) is 0.900. The molecule has 17 heavy (non-hydrogen) atoms. The maximum absolute atomic E-state index is 12.0. The molecule has 0 bridgehead atoms. The second kappa shape index (κ2) is 4.57. The van der Waals surface area contributed by atoms with Crippen LogP contribution in [0.25, 0.3) is 0 Å². The van der Waals surface area contributed by atoms with Crippen LogP contribution in [-0.2, 0) is 10.0 Å². The Hall–Kier alpha value is -0.620. The minimum Gasteiger partial charge on any atom is -0.223 e. The summed E-state index contributed by atoms with van der Waals surface area (Å²) < 4.78 is 24.1. The third kappa shape index (κ3) is 2.20. The van der Waals surface area contributed by atoms with E-state index in [2.05, 4.69) is 4.83 Å². The first-order chi connectivity index (χ1) is 7.99. The summed E-state index contributed by atoms with van der Waals surface area (Å²) in [5.74, 6) is 0. The molecule has 0 radical (unpaired) electrons. The van der Waals surface area contributed by atoms with E-state index in [1.54, 1.807) is 17.1 Å². The van der Waals surface area contributed by atoms with Gasteiger partial charge in [0, 0.05) is 11.6 Å². The van der Waals surface area contributed by atoms with Crippen LogP contribution in [0.15, 0.2) is 23.1 Å². The number of hydrogen-bond acceptors (Lipinski definition) is 3. The highest BCUT2D eigenvalue weighted by Gasteiger charge is 2.33. The number of sulfonamides is 1. The van der Waals surface area contributed by atoms with Gasteiger partial charge in [-0.25, -0.2) is 13.4 Å². The van der Waals surface area contributed by atoms with Gasteiger partial charge in [-0.05, 0) is 24.1 Å². The number of benzene rings is 1. The van der Waals surface area contributed by atoms with Crippen LogP contribution in [-0.4, -0.2) is 20.0 Å². The van der Waals surface area contributed by atoms with Crippen LogP contribution in [0.1, 0.15) is 31.9 Å². The molecule has 0 aliphatic carbocycles. The lowest BCUT2D eigenvalue weighted by atomic mass is 10.0. The summed E-state index contributed by atoms with van der Waals surface area (Å²) in [5.41, 5.74) is 0.817. The predicted molar refractivity (Wildman–Crippen MR) is 67.2 cm³/mol. The van der Waals surface area contributed by atoms with Gasteiger partial charge in [-0.2, -0.15) is 0 Å². The summed E-state index contributed by atoms with van der Waals surface area (Å²) in [6.07, 6.45) is 0.838. The standard InChI is InChI=1S/C11H15ClN2O2S/c1-3-10-9-6-5-8(12)7-11(9)17(15,16)13-14(10)4-2/h5-7,10,13H,3-4H2,1-2H3. The van der Waals surface area contributed by atoms with Gasteiger partial charge in [0.2, 0.25) is 0 Å². The van der Waals surface area contributed by atoms with E-state index >= 15 is 0 Å². The second-order valence-electron chi connectivity index (χ2n) is 3.99. The van der Waals surface area contributed by atoms with Gasteiger partial charge in [-0.15, -0.1) is 4.83 Å². The molecule has 0 saturated carbocycles. The highest BCUT2D eigenvalue weighted by atomic mass is 35.5. The van der Waals surface area contributed by atoms with Crippen LogP contribution in [0.4, 0.5) is 0 Å². The molecule has 0 aromatic heterocycles. The summed E-state index contributed by atoms with van der Waals surface area (Å²) in [7, 11) is -3.48. The molecule has 1 aliphatic heterocycles. The number of hydrogen-bond donors (Lipinski definition) is 1. The molecule has 1 unspecified atom stereocenters. The third-order valence-corrected chi connectivity index (χ3v) is 4.61. The molecular formula is C11H15ClN2O2S. The lowest BCUT2D eigenvalue weighted by Gasteiger charge is -2.35. The van der Waals surface area contributed by atoms with Crippen LogP contribution in [0.2, 0.25) is 5.02 Å². The fourth-order valence-electron chi connectivity index (χ4n) is 2.18. The molecule has 2 rings (SSSR count). The summed E-state index contributed by atoms with van der Waals surface area (Å²) in [6.45, 7) is 4.58. The van der Waals surface area contributed by atoms with Crippen molar-refractivity contribution < 1.29 is 8.42 Å². The highest BCUT2D eigenvalue weighted by molar-refractivity contribution is 7.89. The topological polar surface area (TPSA) is 49.4 Å². The maximum atomic E-state index is 12.0. The zero-order valence-electron chi connectivity index (χ0n) is 9.77. The average Bonchev–Trinajstić information content (AvgIpc) is 2.29. The Morgan fingerprint density at radius 3 is 2.71 bits per heavy atom. The van der Waals surface area contributed by atoms with Crippen molar-refractivity contribution in [3.63, 3.8) is 0 Å². The molecule has 4 nitrogen and oxygen atoms in total. The number of nitrogens with one attached hydrogen (secondary N) is 1. The van der Waals surface area contributed by atoms with E-state index in [0.717, 1.165) is 12.0 Å². The molecule has 0 spiro atoms. The average molecular weight is 275 g/mol. The SMILES string of the molecule is CCC1c2ccc(Cl)cc2S(=O)(=O)NN1CC. The first kappa shape index (κ1) is 12.8. The maximum Gasteiger partial charge on any atom is 0.253 e. The molecule has 0 saturated heterocycles. The molecule has 1 aromatic carbocycles. The number of rotatable bonds is 2. The van der Waals surface area contributed by atoms with Gasteiger partial charge < -0.3 is 0 Å². The second-order valence-corrected chi connectivity index (χ2v) is 6.05. The Labute approximate surface area is 107 Å². The van der Waals surface area contributed by atoms with Crippen LogP contribution in [0.3, 0.4) is 0 Å². The van der Waals surface area contributed by atoms with Gasteiger partial charge >= 0.3 is 0 Å². The van der Waals surface area contributed by atoms with Crippen molar-refractivity contribution in [2.75, 3.05) is 6.54 Å². The number of nitrogens with zero attached hydrogens (tertiary/aromatic N) is 1. The van der Waals surface area contributed by atoms with Gasteiger partial charge in [-0.1, -0.05) is 31.5 Å². The van der Waals surface area contributed by atoms with Gasteiger partial charge in [-0.3, -0.25) is 0 Å². The van der Waals surface area contributed by atoms with Crippen molar-refractivity contribution in [2.45, 2.75) is 31.2 Å². The molecule has 1 atom stereocenters. The van der Waals surface area contributed by atoms with Crippen LogP contribution in [0, 0.1) is 0 Å². The van der Waals surface area contributed by atoms with Crippen molar-refractivity contribution in [1.29, 1.82) is 0 Å². The van der Waals surface area contributed by atoms with E-state index in [1.807, 2.05) is 13.8 Å². The van der Waals surface area contributed by atoms with Crippen molar-refractivity contribution in [3.05, 3.63) is 28.8 Å².